The van der Waals surface area contributed by atoms with E-state index in [1.165, 1.54) is 6.07 Å². The van der Waals surface area contributed by atoms with E-state index in [-0.39, 0.29) is 63.2 Å². The first-order valence-corrected chi connectivity index (χ1v) is 7.67. The summed E-state index contributed by atoms with van der Waals surface area (Å²) in [5, 5.41) is 0.0156. The van der Waals surface area contributed by atoms with Gasteiger partial charge in [-0.1, -0.05) is 29.8 Å². The molecular formula is C20H13ClFO2Rb. The molecule has 120 valence electrons. The Balaban J connectivity index is 0.00000225. The first kappa shape index (κ1) is 20.5. The smallest absolute Gasteiger partial charge is 0.423 e. The molecule has 0 aromatic heterocycles. The van der Waals surface area contributed by atoms with Crippen LogP contribution in [0.2, 0.25) is 5.02 Å². The standard InChI is InChI=1S/C20H13ClFO2.Rb/c1-13-5-7-15(8-6-13)20(23)24-16-11-9-14(10-12-16)17-3-2-4-18(22)19(17)21;/h2-3,5-12H,1H3;/q-1;+1. The van der Waals surface area contributed by atoms with Gasteiger partial charge in [-0.05, 0) is 41.8 Å². The molecule has 0 radical (unpaired) electrons. The molecule has 5 heteroatoms. The zero-order chi connectivity index (χ0) is 17.1. The second-order valence-electron chi connectivity index (χ2n) is 5.30. The van der Waals surface area contributed by atoms with Gasteiger partial charge in [0, 0.05) is 5.82 Å². The van der Waals surface area contributed by atoms with Crippen LogP contribution in [0.3, 0.4) is 0 Å². The van der Waals surface area contributed by atoms with Crippen molar-refractivity contribution in [2.45, 2.75) is 6.92 Å². The van der Waals surface area contributed by atoms with Crippen molar-refractivity contribution >= 4 is 17.6 Å². The van der Waals surface area contributed by atoms with Gasteiger partial charge in [-0.25, -0.2) is 9.18 Å². The van der Waals surface area contributed by atoms with Gasteiger partial charge >= 0.3 is 64.2 Å². The molecule has 0 amide bonds. The summed E-state index contributed by atoms with van der Waals surface area (Å²) >= 11 is 5.95. The number of hydrogen-bond acceptors (Lipinski definition) is 2. The second kappa shape index (κ2) is 9.20. The van der Waals surface area contributed by atoms with Gasteiger partial charge in [0.25, 0.3) is 0 Å². The molecule has 0 unspecified atom stereocenters. The van der Waals surface area contributed by atoms with Crippen LogP contribution in [0.25, 0.3) is 11.1 Å². The number of benzene rings is 3. The van der Waals surface area contributed by atoms with E-state index in [1.54, 1.807) is 42.5 Å². The van der Waals surface area contributed by atoms with Gasteiger partial charge in [0.2, 0.25) is 0 Å². The van der Waals surface area contributed by atoms with Crippen molar-refractivity contribution in [2.75, 3.05) is 0 Å². The van der Waals surface area contributed by atoms with Gasteiger partial charge in [0.1, 0.15) is 5.75 Å². The average Bonchev–Trinajstić information content (AvgIpc) is 2.59. The molecule has 0 fully saturated rings. The normalized spacial score (nSPS) is 10.0. The summed E-state index contributed by atoms with van der Waals surface area (Å²) in [5.41, 5.74) is 2.83. The maximum atomic E-state index is 13.5. The van der Waals surface area contributed by atoms with Crippen molar-refractivity contribution in [2.24, 2.45) is 0 Å². The Labute approximate surface area is 199 Å². The van der Waals surface area contributed by atoms with Crippen molar-refractivity contribution in [3.05, 3.63) is 88.7 Å². The molecule has 0 bridgehead atoms. The molecule has 3 aromatic carbocycles. The Kier molecular flexibility index (Phi) is 7.53. The maximum Gasteiger partial charge on any atom is 1.00 e. The van der Waals surface area contributed by atoms with Gasteiger partial charge in [0.15, 0.2) is 0 Å². The molecule has 0 atom stereocenters. The van der Waals surface area contributed by atoms with Crippen molar-refractivity contribution in [1.29, 1.82) is 0 Å². The predicted octanol–water partition coefficient (Wildman–Crippen LogP) is 2.48. The number of esters is 1. The van der Waals surface area contributed by atoms with E-state index in [0.717, 1.165) is 11.1 Å². The summed E-state index contributed by atoms with van der Waals surface area (Å²) in [6, 6.07) is 19.4. The summed E-state index contributed by atoms with van der Waals surface area (Å²) in [6.45, 7) is 1.95. The Bertz CT molecular complexity index is 877. The molecule has 0 aliphatic rings. The van der Waals surface area contributed by atoms with Crippen LogP contribution in [0.15, 0.2) is 60.7 Å². The zero-order valence-corrected chi connectivity index (χ0v) is 19.5. The van der Waals surface area contributed by atoms with Gasteiger partial charge in [-0.3, -0.25) is 0 Å². The predicted molar refractivity (Wildman–Crippen MR) is 91.8 cm³/mol. The number of aryl methyl sites for hydroxylation is 1. The average molecular weight is 425 g/mol. The SMILES string of the molecule is Cc1ccc(C(=O)Oc2ccc(-c3cc[c-]c(F)c3Cl)cc2)cc1.[Rb+]. The van der Waals surface area contributed by atoms with Crippen molar-refractivity contribution in [1.82, 2.24) is 0 Å². The van der Waals surface area contributed by atoms with Crippen LogP contribution in [0.5, 0.6) is 5.75 Å². The summed E-state index contributed by atoms with van der Waals surface area (Å²) in [4.78, 5) is 12.1. The Morgan fingerprint density at radius 1 is 1.04 bits per heavy atom. The summed E-state index contributed by atoms with van der Waals surface area (Å²) in [5.74, 6) is -0.617. The van der Waals surface area contributed by atoms with E-state index in [4.69, 9.17) is 16.3 Å². The third kappa shape index (κ3) is 5.08. The van der Waals surface area contributed by atoms with Crippen molar-refractivity contribution < 1.29 is 72.1 Å². The number of halogens is 2. The summed E-state index contributed by atoms with van der Waals surface area (Å²) < 4.78 is 18.8. The van der Waals surface area contributed by atoms with E-state index in [0.29, 0.717) is 16.9 Å². The van der Waals surface area contributed by atoms with Crippen molar-refractivity contribution in [3.63, 3.8) is 0 Å². The minimum absolute atomic E-state index is 0. The third-order valence-electron chi connectivity index (χ3n) is 3.55. The Hall–Kier alpha value is -0.845. The fraction of sp³-hybridized carbons (Fsp3) is 0.0500. The van der Waals surface area contributed by atoms with Crippen LogP contribution in [-0.2, 0) is 0 Å². The molecule has 2 nitrogen and oxygen atoms in total. The minimum atomic E-state index is -0.593. The van der Waals surface area contributed by atoms with Gasteiger partial charge in [0.05, 0.1) is 5.56 Å². The molecule has 3 rings (SSSR count). The number of carbonyl (C=O) groups is 1. The van der Waals surface area contributed by atoms with E-state index in [9.17, 15) is 9.18 Å². The van der Waals surface area contributed by atoms with Gasteiger partial charge < -0.3 is 4.74 Å². The molecule has 25 heavy (non-hydrogen) atoms. The van der Waals surface area contributed by atoms with E-state index in [1.807, 2.05) is 19.1 Å². The van der Waals surface area contributed by atoms with Crippen LogP contribution in [-0.4, -0.2) is 5.97 Å². The van der Waals surface area contributed by atoms with E-state index in [2.05, 4.69) is 6.07 Å². The maximum absolute atomic E-state index is 13.5. The first-order valence-electron chi connectivity index (χ1n) is 7.29. The number of hydrogen-bond donors (Lipinski definition) is 0. The monoisotopic (exact) mass is 424 g/mol. The molecule has 0 N–H and O–H groups in total. The third-order valence-corrected chi connectivity index (χ3v) is 3.92. The molecule has 0 saturated heterocycles. The molecule has 0 aliphatic heterocycles. The molecular weight excluding hydrogens is 412 g/mol. The largest absolute Gasteiger partial charge is 1.00 e. The van der Waals surface area contributed by atoms with Crippen LogP contribution in [0.4, 0.5) is 4.39 Å². The van der Waals surface area contributed by atoms with E-state index < -0.39 is 11.8 Å². The van der Waals surface area contributed by atoms with Crippen LogP contribution in [0, 0.1) is 18.8 Å². The molecule has 0 saturated carbocycles. The topological polar surface area (TPSA) is 26.3 Å². The van der Waals surface area contributed by atoms with Gasteiger partial charge in [-0.15, -0.1) is 11.6 Å². The van der Waals surface area contributed by atoms with E-state index >= 15 is 0 Å². The van der Waals surface area contributed by atoms with Gasteiger partial charge in [-0.2, -0.15) is 23.7 Å². The summed E-state index contributed by atoms with van der Waals surface area (Å²) in [7, 11) is 0. The van der Waals surface area contributed by atoms with Crippen LogP contribution in [0.1, 0.15) is 15.9 Å². The minimum Gasteiger partial charge on any atom is -0.423 e. The second-order valence-corrected chi connectivity index (χ2v) is 5.68. The van der Waals surface area contributed by atoms with Crippen molar-refractivity contribution in [3.8, 4) is 16.9 Å². The van der Waals surface area contributed by atoms with Crippen LogP contribution < -0.4 is 62.9 Å². The Morgan fingerprint density at radius 2 is 1.68 bits per heavy atom. The fourth-order valence-electron chi connectivity index (χ4n) is 2.23. The molecule has 3 aromatic rings. The molecule has 0 heterocycles. The Morgan fingerprint density at radius 3 is 2.32 bits per heavy atom. The fourth-order valence-corrected chi connectivity index (χ4v) is 2.46. The zero-order valence-electron chi connectivity index (χ0n) is 13.8. The quantitative estimate of drug-likeness (QED) is 0.366. The molecule has 0 spiro atoms. The number of carbonyl (C=O) groups excluding carboxylic acids is 1. The molecule has 0 aliphatic carbocycles. The number of rotatable bonds is 3. The summed E-state index contributed by atoms with van der Waals surface area (Å²) in [6.07, 6.45) is 0. The van der Waals surface area contributed by atoms with Crippen LogP contribution >= 0.6 is 11.6 Å². The first-order chi connectivity index (χ1) is 11.5. The number of ether oxygens (including phenoxy) is 1.